The molecule has 0 bridgehead atoms. The summed E-state index contributed by atoms with van der Waals surface area (Å²) < 4.78 is 1.84. The van der Waals surface area contributed by atoms with Crippen molar-refractivity contribution >= 4 is 5.97 Å². The van der Waals surface area contributed by atoms with Gasteiger partial charge in [-0.3, -0.25) is 14.4 Å². The van der Waals surface area contributed by atoms with E-state index >= 15 is 0 Å². The number of carbonyl (C=O) groups is 1. The lowest BCUT2D eigenvalue weighted by Gasteiger charge is -2.33. The first-order valence-corrected chi connectivity index (χ1v) is 5.91. The summed E-state index contributed by atoms with van der Waals surface area (Å²) in [5.41, 5.74) is 0.186. The van der Waals surface area contributed by atoms with Crippen molar-refractivity contribution in [3.8, 4) is 0 Å². The largest absolute Gasteiger partial charge is 0.480 e. The van der Waals surface area contributed by atoms with Crippen LogP contribution >= 0.6 is 0 Å². The zero-order valence-electron chi connectivity index (χ0n) is 11.0. The topological polar surface area (TPSA) is 58.4 Å². The van der Waals surface area contributed by atoms with Gasteiger partial charge in [-0.05, 0) is 27.3 Å². The molecule has 0 atom stereocenters. The molecule has 5 nitrogen and oxygen atoms in total. The molecule has 0 spiro atoms. The van der Waals surface area contributed by atoms with Gasteiger partial charge in [-0.25, -0.2) is 0 Å². The van der Waals surface area contributed by atoms with Crippen LogP contribution in [0.4, 0.5) is 0 Å². The van der Waals surface area contributed by atoms with Gasteiger partial charge in [0.25, 0.3) is 0 Å². The number of carboxylic acid groups (broad SMARTS) is 1. The first-order chi connectivity index (χ1) is 7.91. The SMILES string of the molecule is CCN(Cc1cnn(CC)c1)C(C)(C)C(=O)O. The van der Waals surface area contributed by atoms with E-state index in [1.807, 2.05) is 29.6 Å². The highest BCUT2D eigenvalue weighted by atomic mass is 16.4. The van der Waals surface area contributed by atoms with Gasteiger partial charge >= 0.3 is 5.97 Å². The molecule has 1 rings (SSSR count). The second kappa shape index (κ2) is 5.31. The Hall–Kier alpha value is -1.36. The van der Waals surface area contributed by atoms with Crippen molar-refractivity contribution in [1.82, 2.24) is 14.7 Å². The lowest BCUT2D eigenvalue weighted by Crippen LogP contribution is -2.49. The van der Waals surface area contributed by atoms with E-state index in [9.17, 15) is 9.90 Å². The average Bonchev–Trinajstić information content (AvgIpc) is 2.73. The Labute approximate surface area is 102 Å². The number of rotatable bonds is 6. The summed E-state index contributed by atoms with van der Waals surface area (Å²) in [5.74, 6) is -0.803. The average molecular weight is 239 g/mol. The molecule has 1 heterocycles. The lowest BCUT2D eigenvalue weighted by atomic mass is 10.0. The number of hydrogen-bond donors (Lipinski definition) is 1. The third-order valence-corrected chi connectivity index (χ3v) is 3.08. The van der Waals surface area contributed by atoms with E-state index in [4.69, 9.17) is 0 Å². The van der Waals surface area contributed by atoms with Gasteiger partial charge in [-0.2, -0.15) is 5.10 Å². The van der Waals surface area contributed by atoms with Crippen LogP contribution in [0.3, 0.4) is 0 Å². The summed E-state index contributed by atoms with van der Waals surface area (Å²) in [6, 6.07) is 0. The van der Waals surface area contributed by atoms with Crippen molar-refractivity contribution in [1.29, 1.82) is 0 Å². The fraction of sp³-hybridized carbons (Fsp3) is 0.667. The van der Waals surface area contributed by atoms with Crippen LogP contribution in [0.2, 0.25) is 0 Å². The molecule has 1 aromatic heterocycles. The molecule has 96 valence electrons. The van der Waals surface area contributed by atoms with Crippen LogP contribution in [0.25, 0.3) is 0 Å². The summed E-state index contributed by atoms with van der Waals surface area (Å²) in [7, 11) is 0. The molecule has 0 aliphatic heterocycles. The molecule has 0 aromatic carbocycles. The van der Waals surface area contributed by atoms with Gasteiger partial charge in [0, 0.05) is 24.8 Å². The van der Waals surface area contributed by atoms with Crippen LogP contribution in [-0.4, -0.2) is 37.8 Å². The Bertz CT molecular complexity index is 385. The third kappa shape index (κ3) is 3.06. The molecule has 0 saturated carbocycles. The Balaban J connectivity index is 2.79. The van der Waals surface area contributed by atoms with Crippen molar-refractivity contribution in [3.05, 3.63) is 18.0 Å². The maximum atomic E-state index is 11.2. The third-order valence-electron chi connectivity index (χ3n) is 3.08. The summed E-state index contributed by atoms with van der Waals surface area (Å²) in [4.78, 5) is 13.1. The molecule has 0 aliphatic rings. The summed E-state index contributed by atoms with van der Waals surface area (Å²) in [6.45, 7) is 9.57. The van der Waals surface area contributed by atoms with E-state index in [0.717, 1.165) is 12.1 Å². The van der Waals surface area contributed by atoms with E-state index in [-0.39, 0.29) is 0 Å². The Morgan fingerprint density at radius 3 is 2.59 bits per heavy atom. The normalized spacial score (nSPS) is 12.1. The Kier molecular flexibility index (Phi) is 4.28. The van der Waals surface area contributed by atoms with Crippen LogP contribution in [0.5, 0.6) is 0 Å². The number of carboxylic acids is 1. The maximum Gasteiger partial charge on any atom is 0.323 e. The van der Waals surface area contributed by atoms with Crippen molar-refractivity contribution < 1.29 is 9.90 Å². The van der Waals surface area contributed by atoms with Crippen LogP contribution in [0, 0.1) is 0 Å². The molecule has 0 unspecified atom stereocenters. The predicted octanol–water partition coefficient (Wildman–Crippen LogP) is 1.59. The fourth-order valence-electron chi connectivity index (χ4n) is 1.72. The quantitative estimate of drug-likeness (QED) is 0.819. The van der Waals surface area contributed by atoms with Gasteiger partial charge < -0.3 is 5.11 Å². The summed E-state index contributed by atoms with van der Waals surface area (Å²) >= 11 is 0. The highest BCUT2D eigenvalue weighted by molar-refractivity contribution is 5.77. The molecule has 1 N–H and O–H groups in total. The van der Waals surface area contributed by atoms with Crippen LogP contribution < -0.4 is 0 Å². The van der Waals surface area contributed by atoms with Gasteiger partial charge in [0.15, 0.2) is 0 Å². The lowest BCUT2D eigenvalue weighted by molar-refractivity contribution is -0.149. The number of aromatic nitrogens is 2. The molecular formula is C12H21N3O2. The Morgan fingerprint density at radius 2 is 2.18 bits per heavy atom. The first kappa shape index (κ1) is 13.7. The number of likely N-dealkylation sites (N-methyl/N-ethyl adjacent to an activating group) is 1. The molecule has 17 heavy (non-hydrogen) atoms. The van der Waals surface area contributed by atoms with Crippen LogP contribution in [0.1, 0.15) is 33.3 Å². The van der Waals surface area contributed by atoms with Gasteiger partial charge in [0.2, 0.25) is 0 Å². The Morgan fingerprint density at radius 1 is 1.53 bits per heavy atom. The zero-order chi connectivity index (χ0) is 13.1. The molecular weight excluding hydrogens is 218 g/mol. The van der Waals surface area contributed by atoms with Crippen molar-refractivity contribution in [2.75, 3.05) is 6.54 Å². The maximum absolute atomic E-state index is 11.2. The molecule has 5 heteroatoms. The first-order valence-electron chi connectivity index (χ1n) is 5.91. The standard InChI is InChI=1S/C12H21N3O2/c1-5-14(12(3,4)11(16)17)8-10-7-13-15(6-2)9-10/h7,9H,5-6,8H2,1-4H3,(H,16,17). The monoisotopic (exact) mass is 239 g/mol. The zero-order valence-corrected chi connectivity index (χ0v) is 11.0. The number of nitrogens with zero attached hydrogens (tertiary/aromatic N) is 3. The highest BCUT2D eigenvalue weighted by Gasteiger charge is 2.33. The smallest absolute Gasteiger partial charge is 0.323 e. The van der Waals surface area contributed by atoms with Crippen LogP contribution in [0.15, 0.2) is 12.4 Å². The molecule has 0 fully saturated rings. The number of hydrogen-bond acceptors (Lipinski definition) is 3. The van der Waals surface area contributed by atoms with Gasteiger partial charge in [-0.15, -0.1) is 0 Å². The van der Waals surface area contributed by atoms with Gasteiger partial charge in [0.1, 0.15) is 5.54 Å². The number of aliphatic carboxylic acids is 1. The minimum absolute atomic E-state index is 0.607. The fourth-order valence-corrected chi connectivity index (χ4v) is 1.72. The van der Waals surface area contributed by atoms with Gasteiger partial charge in [0.05, 0.1) is 6.20 Å². The second-order valence-corrected chi connectivity index (χ2v) is 4.58. The van der Waals surface area contributed by atoms with E-state index < -0.39 is 11.5 Å². The number of aryl methyl sites for hydroxylation is 1. The van der Waals surface area contributed by atoms with Crippen molar-refractivity contribution in [3.63, 3.8) is 0 Å². The molecule has 0 amide bonds. The highest BCUT2D eigenvalue weighted by Crippen LogP contribution is 2.17. The van der Waals surface area contributed by atoms with Crippen molar-refractivity contribution in [2.45, 2.75) is 46.3 Å². The molecule has 1 aromatic rings. The van der Waals surface area contributed by atoms with Crippen molar-refractivity contribution in [2.24, 2.45) is 0 Å². The molecule has 0 aliphatic carbocycles. The van der Waals surface area contributed by atoms with E-state index in [1.165, 1.54) is 0 Å². The van der Waals surface area contributed by atoms with E-state index in [2.05, 4.69) is 5.10 Å². The minimum Gasteiger partial charge on any atom is -0.480 e. The minimum atomic E-state index is -0.858. The summed E-state index contributed by atoms with van der Waals surface area (Å²) in [5, 5.41) is 13.4. The predicted molar refractivity (Wildman–Crippen MR) is 65.7 cm³/mol. The molecule has 0 radical (unpaired) electrons. The van der Waals surface area contributed by atoms with E-state index in [1.54, 1.807) is 20.0 Å². The van der Waals surface area contributed by atoms with E-state index in [0.29, 0.717) is 13.1 Å². The molecule has 0 saturated heterocycles. The second-order valence-electron chi connectivity index (χ2n) is 4.58. The van der Waals surface area contributed by atoms with Gasteiger partial charge in [-0.1, -0.05) is 6.92 Å². The van der Waals surface area contributed by atoms with Crippen LogP contribution in [-0.2, 0) is 17.9 Å². The summed E-state index contributed by atoms with van der Waals surface area (Å²) in [6.07, 6.45) is 3.75.